The molecule has 1 aliphatic heterocycles. The van der Waals surface area contributed by atoms with Gasteiger partial charge in [-0.2, -0.15) is 0 Å². The molecule has 0 bridgehead atoms. The van der Waals surface area contributed by atoms with Crippen molar-refractivity contribution < 1.29 is 27.4 Å². The van der Waals surface area contributed by atoms with Crippen molar-refractivity contribution in [3.63, 3.8) is 0 Å². The minimum Gasteiger partial charge on any atom is -0.493 e. The van der Waals surface area contributed by atoms with Gasteiger partial charge in [0.1, 0.15) is 9.84 Å². The van der Waals surface area contributed by atoms with E-state index in [1.165, 1.54) is 21.3 Å². The van der Waals surface area contributed by atoms with Gasteiger partial charge in [0.15, 0.2) is 11.5 Å². The molecule has 24 heavy (non-hydrogen) atoms. The van der Waals surface area contributed by atoms with Crippen LogP contribution in [0.4, 0.5) is 0 Å². The van der Waals surface area contributed by atoms with E-state index in [-0.39, 0.29) is 23.3 Å². The number of carbonyl (C=O) groups is 1. The van der Waals surface area contributed by atoms with Crippen molar-refractivity contribution in [2.24, 2.45) is 5.92 Å². The second-order valence-corrected chi connectivity index (χ2v) is 8.02. The maximum atomic E-state index is 12.4. The van der Waals surface area contributed by atoms with Gasteiger partial charge in [0, 0.05) is 12.1 Å². The Labute approximate surface area is 142 Å². The number of hydrogen-bond donors (Lipinski definition) is 1. The van der Waals surface area contributed by atoms with Crippen LogP contribution in [0.5, 0.6) is 17.2 Å². The average Bonchev–Trinajstić information content (AvgIpc) is 2.59. The van der Waals surface area contributed by atoms with Gasteiger partial charge in [-0.1, -0.05) is 0 Å². The van der Waals surface area contributed by atoms with E-state index in [4.69, 9.17) is 14.2 Å². The highest BCUT2D eigenvalue weighted by Gasteiger charge is 2.24. The lowest BCUT2D eigenvalue weighted by Crippen LogP contribution is -2.34. The molecular weight excluding hydrogens is 334 g/mol. The number of amides is 1. The van der Waals surface area contributed by atoms with Gasteiger partial charge < -0.3 is 19.5 Å². The lowest BCUT2D eigenvalue weighted by Gasteiger charge is -2.22. The second-order valence-electron chi connectivity index (χ2n) is 5.72. The SMILES string of the molecule is COc1cc(C(=O)NCC2CCS(=O)(=O)CC2)cc(OC)c1OC. The molecule has 1 N–H and O–H groups in total. The molecule has 7 nitrogen and oxygen atoms in total. The maximum absolute atomic E-state index is 12.4. The van der Waals surface area contributed by atoms with Gasteiger partial charge in [-0.05, 0) is 30.9 Å². The van der Waals surface area contributed by atoms with E-state index in [1.54, 1.807) is 12.1 Å². The summed E-state index contributed by atoms with van der Waals surface area (Å²) in [4.78, 5) is 12.4. The number of carbonyl (C=O) groups excluding carboxylic acids is 1. The van der Waals surface area contributed by atoms with Crippen molar-refractivity contribution >= 4 is 15.7 Å². The van der Waals surface area contributed by atoms with E-state index in [9.17, 15) is 13.2 Å². The number of nitrogens with one attached hydrogen (secondary N) is 1. The van der Waals surface area contributed by atoms with Crippen LogP contribution in [0.15, 0.2) is 12.1 Å². The van der Waals surface area contributed by atoms with Gasteiger partial charge in [0.2, 0.25) is 5.75 Å². The van der Waals surface area contributed by atoms with Crippen molar-refractivity contribution in [3.05, 3.63) is 17.7 Å². The molecule has 1 saturated heterocycles. The smallest absolute Gasteiger partial charge is 0.251 e. The molecular formula is C16H23NO6S. The summed E-state index contributed by atoms with van der Waals surface area (Å²) in [6.07, 6.45) is 1.16. The Morgan fingerprint density at radius 3 is 2.08 bits per heavy atom. The van der Waals surface area contributed by atoms with Crippen LogP contribution in [-0.4, -0.2) is 53.7 Å². The molecule has 1 fully saturated rings. The topological polar surface area (TPSA) is 90.9 Å². The van der Waals surface area contributed by atoms with E-state index >= 15 is 0 Å². The first-order chi connectivity index (χ1) is 11.4. The van der Waals surface area contributed by atoms with Gasteiger partial charge >= 0.3 is 0 Å². The Morgan fingerprint density at radius 1 is 1.08 bits per heavy atom. The van der Waals surface area contributed by atoms with Gasteiger partial charge in [-0.25, -0.2) is 8.42 Å². The molecule has 0 unspecified atom stereocenters. The Kier molecular flexibility index (Phi) is 5.93. The fraction of sp³-hybridized carbons (Fsp3) is 0.562. The van der Waals surface area contributed by atoms with Crippen LogP contribution in [0.1, 0.15) is 23.2 Å². The average molecular weight is 357 g/mol. The van der Waals surface area contributed by atoms with Gasteiger partial charge in [0.25, 0.3) is 5.91 Å². The minimum absolute atomic E-state index is 0.180. The zero-order valence-electron chi connectivity index (χ0n) is 14.1. The van der Waals surface area contributed by atoms with E-state index in [0.717, 1.165) is 0 Å². The van der Waals surface area contributed by atoms with Crippen LogP contribution in [0.25, 0.3) is 0 Å². The molecule has 1 aromatic rings. The number of hydrogen-bond acceptors (Lipinski definition) is 6. The Morgan fingerprint density at radius 2 is 1.62 bits per heavy atom. The highest BCUT2D eigenvalue weighted by atomic mass is 32.2. The highest BCUT2D eigenvalue weighted by molar-refractivity contribution is 7.91. The standard InChI is InChI=1S/C16H23NO6S/c1-21-13-8-12(9-14(22-2)15(13)23-3)16(18)17-10-11-4-6-24(19,20)7-5-11/h8-9,11H,4-7,10H2,1-3H3,(H,17,18). The molecule has 0 aromatic heterocycles. The predicted molar refractivity (Wildman–Crippen MR) is 89.8 cm³/mol. The molecule has 134 valence electrons. The third-order valence-electron chi connectivity index (χ3n) is 4.15. The predicted octanol–water partition coefficient (Wildman–Crippen LogP) is 1.27. The lowest BCUT2D eigenvalue weighted by atomic mass is 10.0. The summed E-state index contributed by atoms with van der Waals surface area (Å²) >= 11 is 0. The number of rotatable bonds is 6. The summed E-state index contributed by atoms with van der Waals surface area (Å²) in [6.45, 7) is 0.449. The summed E-state index contributed by atoms with van der Waals surface area (Å²) in [5.41, 5.74) is 0.396. The van der Waals surface area contributed by atoms with Crippen molar-refractivity contribution in [1.82, 2.24) is 5.32 Å². The van der Waals surface area contributed by atoms with Crippen LogP contribution in [0.3, 0.4) is 0 Å². The monoisotopic (exact) mass is 357 g/mol. The van der Waals surface area contributed by atoms with Crippen molar-refractivity contribution in [3.8, 4) is 17.2 Å². The molecule has 1 heterocycles. The van der Waals surface area contributed by atoms with E-state index in [1.807, 2.05) is 0 Å². The quantitative estimate of drug-likeness (QED) is 0.824. The zero-order chi connectivity index (χ0) is 17.7. The van der Waals surface area contributed by atoms with Gasteiger partial charge in [-0.3, -0.25) is 4.79 Å². The fourth-order valence-electron chi connectivity index (χ4n) is 2.69. The fourth-order valence-corrected chi connectivity index (χ4v) is 4.28. The first-order valence-corrected chi connectivity index (χ1v) is 9.51. The first kappa shape index (κ1) is 18.4. The van der Waals surface area contributed by atoms with Gasteiger partial charge in [0.05, 0.1) is 32.8 Å². The van der Waals surface area contributed by atoms with Crippen LogP contribution in [0.2, 0.25) is 0 Å². The number of sulfone groups is 1. The summed E-state index contributed by atoms with van der Waals surface area (Å²) in [5.74, 6) is 1.54. The normalized spacial score (nSPS) is 17.1. The third kappa shape index (κ3) is 4.31. The molecule has 0 spiro atoms. The minimum atomic E-state index is -2.89. The van der Waals surface area contributed by atoms with Crippen molar-refractivity contribution in [2.45, 2.75) is 12.8 Å². The van der Waals surface area contributed by atoms with Crippen molar-refractivity contribution in [2.75, 3.05) is 39.4 Å². The molecule has 1 aliphatic rings. The molecule has 1 aromatic carbocycles. The zero-order valence-corrected chi connectivity index (χ0v) is 14.9. The molecule has 8 heteroatoms. The molecule has 1 amide bonds. The first-order valence-electron chi connectivity index (χ1n) is 7.68. The molecule has 0 saturated carbocycles. The van der Waals surface area contributed by atoms with E-state index < -0.39 is 9.84 Å². The van der Waals surface area contributed by atoms with E-state index in [2.05, 4.69) is 5.32 Å². The summed E-state index contributed by atoms with van der Waals surface area (Å²) in [7, 11) is 1.58. The summed E-state index contributed by atoms with van der Waals surface area (Å²) in [5, 5.41) is 2.85. The third-order valence-corrected chi connectivity index (χ3v) is 5.87. The lowest BCUT2D eigenvalue weighted by molar-refractivity contribution is 0.0945. The number of benzene rings is 1. The number of ether oxygens (including phenoxy) is 3. The van der Waals surface area contributed by atoms with Crippen LogP contribution in [-0.2, 0) is 9.84 Å². The van der Waals surface area contributed by atoms with Crippen LogP contribution < -0.4 is 19.5 Å². The number of methoxy groups -OCH3 is 3. The van der Waals surface area contributed by atoms with Crippen LogP contribution in [0, 0.1) is 5.92 Å². The molecule has 0 atom stereocenters. The van der Waals surface area contributed by atoms with Crippen LogP contribution >= 0.6 is 0 Å². The van der Waals surface area contributed by atoms with E-state index in [0.29, 0.717) is 42.2 Å². The second kappa shape index (κ2) is 7.74. The van der Waals surface area contributed by atoms with Crippen molar-refractivity contribution in [1.29, 1.82) is 0 Å². The maximum Gasteiger partial charge on any atom is 0.251 e. The summed E-state index contributed by atoms with van der Waals surface area (Å²) < 4.78 is 38.6. The Hall–Kier alpha value is -1.96. The largest absolute Gasteiger partial charge is 0.493 e. The van der Waals surface area contributed by atoms with Gasteiger partial charge in [-0.15, -0.1) is 0 Å². The molecule has 2 rings (SSSR count). The highest BCUT2D eigenvalue weighted by Crippen LogP contribution is 2.38. The molecule has 0 aliphatic carbocycles. The Bertz CT molecular complexity index is 662. The Balaban J connectivity index is 2.04. The summed E-state index contributed by atoms with van der Waals surface area (Å²) in [6, 6.07) is 3.17. The molecule has 0 radical (unpaired) electrons.